The second-order valence-electron chi connectivity index (χ2n) is 5.15. The summed E-state index contributed by atoms with van der Waals surface area (Å²) in [6.45, 7) is 2.24. The van der Waals surface area contributed by atoms with E-state index in [4.69, 9.17) is 0 Å². The predicted octanol–water partition coefficient (Wildman–Crippen LogP) is 3.56. The van der Waals surface area contributed by atoms with Crippen molar-refractivity contribution >= 4 is 9.84 Å². The minimum atomic E-state index is -2.66. The van der Waals surface area contributed by atoms with Crippen molar-refractivity contribution in [2.24, 2.45) is 5.92 Å². The van der Waals surface area contributed by atoms with E-state index in [2.05, 4.69) is 6.92 Å². The van der Waals surface area contributed by atoms with Crippen molar-refractivity contribution in [3.63, 3.8) is 0 Å². The van der Waals surface area contributed by atoms with Gasteiger partial charge in [0.15, 0.2) is 0 Å². The molecule has 1 heterocycles. The minimum absolute atomic E-state index is 0.438. The lowest BCUT2D eigenvalue weighted by atomic mass is 9.95. The fourth-order valence-electron chi connectivity index (χ4n) is 2.44. The van der Waals surface area contributed by atoms with Crippen LogP contribution in [-0.4, -0.2) is 19.9 Å². The molecule has 0 N–H and O–H groups in total. The number of hydrogen-bond donors (Lipinski definition) is 0. The predicted molar refractivity (Wildman–Crippen MR) is 69.4 cm³/mol. The second-order valence-corrected chi connectivity index (χ2v) is 7.46. The molecule has 0 bridgehead atoms. The molecule has 1 aliphatic rings. The molecule has 1 fully saturated rings. The van der Waals surface area contributed by atoms with Crippen LogP contribution in [0.25, 0.3) is 0 Å². The molecule has 0 aromatic heterocycles. The molecule has 0 aromatic carbocycles. The van der Waals surface area contributed by atoms with E-state index in [1.165, 1.54) is 44.9 Å². The third-order valence-corrected chi connectivity index (χ3v) is 5.36. The van der Waals surface area contributed by atoms with Gasteiger partial charge in [-0.25, -0.2) is 8.42 Å². The summed E-state index contributed by atoms with van der Waals surface area (Å²) < 4.78 is 22.5. The van der Waals surface area contributed by atoms with Crippen LogP contribution in [-0.2, 0) is 9.84 Å². The number of hydrogen-bond acceptors (Lipinski definition) is 2. The normalized spacial score (nSPS) is 21.1. The van der Waals surface area contributed by atoms with Crippen molar-refractivity contribution in [1.29, 1.82) is 0 Å². The quantitative estimate of drug-likeness (QED) is 0.644. The first-order chi connectivity index (χ1) is 7.64. The Hall–Kier alpha value is -0.0500. The van der Waals surface area contributed by atoms with Gasteiger partial charge in [0.05, 0.1) is 11.5 Å². The van der Waals surface area contributed by atoms with E-state index in [9.17, 15) is 8.42 Å². The first kappa shape index (κ1) is 14.0. The molecule has 3 heteroatoms. The molecule has 1 saturated heterocycles. The summed E-state index contributed by atoms with van der Waals surface area (Å²) in [5.74, 6) is 1.57. The maximum atomic E-state index is 11.2. The molecular weight excluding hydrogens is 220 g/mol. The van der Waals surface area contributed by atoms with E-state index >= 15 is 0 Å². The Bertz CT molecular complexity index is 256. The smallest absolute Gasteiger partial charge is 0.150 e. The van der Waals surface area contributed by atoms with Crippen molar-refractivity contribution < 1.29 is 8.42 Å². The molecule has 2 nitrogen and oxygen atoms in total. The number of unbranched alkanes of at least 4 members (excludes halogenated alkanes) is 5. The SMILES string of the molecule is CCCCCCCCC1CCS(=O)(=O)CC1. The molecule has 0 saturated carbocycles. The zero-order valence-electron chi connectivity index (χ0n) is 10.6. The van der Waals surface area contributed by atoms with Crippen molar-refractivity contribution in [1.82, 2.24) is 0 Å². The summed E-state index contributed by atoms with van der Waals surface area (Å²) >= 11 is 0. The lowest BCUT2D eigenvalue weighted by molar-refractivity contribution is 0.412. The summed E-state index contributed by atoms with van der Waals surface area (Å²) in [5, 5.41) is 0. The van der Waals surface area contributed by atoms with Crippen molar-refractivity contribution in [3.8, 4) is 0 Å². The van der Waals surface area contributed by atoms with Crippen LogP contribution in [0, 0.1) is 5.92 Å². The highest BCUT2D eigenvalue weighted by Gasteiger charge is 2.22. The van der Waals surface area contributed by atoms with E-state index < -0.39 is 9.84 Å². The highest BCUT2D eigenvalue weighted by Crippen LogP contribution is 2.24. The lowest BCUT2D eigenvalue weighted by Crippen LogP contribution is -2.23. The fraction of sp³-hybridized carbons (Fsp3) is 1.00. The van der Waals surface area contributed by atoms with Crippen LogP contribution >= 0.6 is 0 Å². The highest BCUT2D eigenvalue weighted by atomic mass is 32.2. The summed E-state index contributed by atoms with van der Waals surface area (Å²) in [4.78, 5) is 0. The average Bonchev–Trinajstić information content (AvgIpc) is 2.25. The summed E-state index contributed by atoms with van der Waals surface area (Å²) in [6, 6.07) is 0. The first-order valence-corrected chi connectivity index (χ1v) is 8.66. The Balaban J connectivity index is 1.98. The van der Waals surface area contributed by atoms with Gasteiger partial charge in [0, 0.05) is 0 Å². The zero-order valence-corrected chi connectivity index (χ0v) is 11.4. The van der Waals surface area contributed by atoms with Gasteiger partial charge in [-0.05, 0) is 18.8 Å². The molecule has 0 spiro atoms. The van der Waals surface area contributed by atoms with E-state index in [1.807, 2.05) is 0 Å². The van der Waals surface area contributed by atoms with E-state index in [0.29, 0.717) is 17.4 Å². The molecule has 0 aromatic rings. The van der Waals surface area contributed by atoms with Crippen molar-refractivity contribution in [2.75, 3.05) is 11.5 Å². The average molecular weight is 246 g/mol. The standard InChI is InChI=1S/C13H26O2S/c1-2-3-4-5-6-7-8-13-9-11-16(14,15)12-10-13/h13H,2-12H2,1H3. The van der Waals surface area contributed by atoms with Crippen molar-refractivity contribution in [3.05, 3.63) is 0 Å². The third kappa shape index (κ3) is 5.88. The van der Waals surface area contributed by atoms with Crippen LogP contribution < -0.4 is 0 Å². The van der Waals surface area contributed by atoms with Gasteiger partial charge >= 0.3 is 0 Å². The largest absolute Gasteiger partial charge is 0.229 e. The molecule has 0 atom stereocenters. The van der Waals surface area contributed by atoms with Gasteiger partial charge in [-0.1, -0.05) is 51.9 Å². The third-order valence-electron chi connectivity index (χ3n) is 3.64. The van der Waals surface area contributed by atoms with Crippen LogP contribution in [0.1, 0.15) is 64.7 Å². The van der Waals surface area contributed by atoms with Gasteiger partial charge < -0.3 is 0 Å². The molecular formula is C13H26O2S. The van der Waals surface area contributed by atoms with E-state index in [1.54, 1.807) is 0 Å². The van der Waals surface area contributed by atoms with Gasteiger partial charge in [0.1, 0.15) is 9.84 Å². The lowest BCUT2D eigenvalue weighted by Gasteiger charge is -2.21. The van der Waals surface area contributed by atoms with E-state index in [-0.39, 0.29) is 0 Å². The molecule has 0 radical (unpaired) electrons. The molecule has 0 unspecified atom stereocenters. The molecule has 1 aliphatic heterocycles. The van der Waals surface area contributed by atoms with Gasteiger partial charge in [-0.15, -0.1) is 0 Å². The van der Waals surface area contributed by atoms with Gasteiger partial charge in [-0.2, -0.15) is 0 Å². The Labute approximate surface area is 101 Å². The summed E-state index contributed by atoms with van der Waals surface area (Å²) in [5.41, 5.74) is 0. The van der Waals surface area contributed by atoms with E-state index in [0.717, 1.165) is 12.8 Å². The minimum Gasteiger partial charge on any atom is -0.229 e. The monoisotopic (exact) mass is 246 g/mol. The Morgan fingerprint density at radius 3 is 2.12 bits per heavy atom. The molecule has 16 heavy (non-hydrogen) atoms. The Morgan fingerprint density at radius 2 is 1.50 bits per heavy atom. The zero-order chi connectivity index (χ0) is 11.9. The maximum Gasteiger partial charge on any atom is 0.150 e. The van der Waals surface area contributed by atoms with Gasteiger partial charge in [0.2, 0.25) is 0 Å². The fourth-order valence-corrected chi connectivity index (χ4v) is 4.03. The maximum absolute atomic E-state index is 11.2. The second kappa shape index (κ2) is 7.31. The van der Waals surface area contributed by atoms with Crippen LogP contribution in [0.4, 0.5) is 0 Å². The van der Waals surface area contributed by atoms with Gasteiger partial charge in [-0.3, -0.25) is 0 Å². The Morgan fingerprint density at radius 1 is 0.938 bits per heavy atom. The topological polar surface area (TPSA) is 34.1 Å². The van der Waals surface area contributed by atoms with Crippen LogP contribution in [0.15, 0.2) is 0 Å². The van der Waals surface area contributed by atoms with Gasteiger partial charge in [0.25, 0.3) is 0 Å². The molecule has 0 amide bonds. The summed E-state index contributed by atoms with van der Waals surface area (Å²) in [6.07, 6.45) is 11.1. The Kier molecular flexibility index (Phi) is 6.40. The van der Waals surface area contributed by atoms with Crippen LogP contribution in [0.3, 0.4) is 0 Å². The van der Waals surface area contributed by atoms with Crippen molar-refractivity contribution in [2.45, 2.75) is 64.7 Å². The van der Waals surface area contributed by atoms with Crippen LogP contribution in [0.2, 0.25) is 0 Å². The molecule has 1 rings (SSSR count). The molecule has 0 aliphatic carbocycles. The summed E-state index contributed by atoms with van der Waals surface area (Å²) in [7, 11) is -2.66. The number of rotatable bonds is 7. The first-order valence-electron chi connectivity index (χ1n) is 6.84. The van der Waals surface area contributed by atoms with Crippen LogP contribution in [0.5, 0.6) is 0 Å². The highest BCUT2D eigenvalue weighted by molar-refractivity contribution is 7.91. The molecule has 96 valence electrons. The number of sulfone groups is 1.